The second kappa shape index (κ2) is 46.7. The number of pyridine rings is 7. The number of benzene rings is 7. The fourth-order valence-electron chi connectivity index (χ4n) is 13.4. The van der Waals surface area contributed by atoms with Crippen LogP contribution in [0.4, 0.5) is 43.9 Å². The number of aliphatic hydroxyl groups excluding tert-OH is 2. The minimum absolute atomic E-state index is 0.0288. The van der Waals surface area contributed by atoms with Gasteiger partial charge < -0.3 is 84.3 Å². The molecule has 0 aliphatic heterocycles. The summed E-state index contributed by atoms with van der Waals surface area (Å²) >= 11 is 0. The lowest BCUT2D eigenvalue weighted by Crippen LogP contribution is -2.23. The van der Waals surface area contributed by atoms with Gasteiger partial charge in [-0.15, -0.1) is 0 Å². The lowest BCUT2D eigenvalue weighted by atomic mass is 10.0. The number of nitrogens with zero attached hydrogens (tertiary/aromatic N) is 3. The number of aromatic nitrogens is 7. The van der Waals surface area contributed by atoms with Gasteiger partial charge in [0.15, 0.2) is 0 Å². The minimum Gasteiger partial charge on any atom is -0.477 e. The zero-order valence-electron chi connectivity index (χ0n) is 73.2. The van der Waals surface area contributed by atoms with Gasteiger partial charge in [-0.25, -0.2) is 64.3 Å². The van der Waals surface area contributed by atoms with Gasteiger partial charge in [-0.3, -0.25) is 38.4 Å². The molecule has 0 bridgehead atoms. The van der Waals surface area contributed by atoms with E-state index in [0.717, 1.165) is 67.1 Å². The molecule has 42 heteroatoms. The summed E-state index contributed by atoms with van der Waals surface area (Å²) in [5.41, 5.74) is -5.44. The van der Waals surface area contributed by atoms with E-state index in [1.54, 1.807) is 47.4 Å². The van der Waals surface area contributed by atoms with E-state index < -0.39 is 179 Å². The number of aromatic carboxylic acids is 7. The highest BCUT2D eigenvalue weighted by Crippen LogP contribution is 2.35. The van der Waals surface area contributed by atoms with Crippen LogP contribution in [0, 0.1) is 61.5 Å². The number of aliphatic hydroxyl groups is 2. The largest absolute Gasteiger partial charge is 0.477 e. The van der Waals surface area contributed by atoms with Crippen molar-refractivity contribution in [3.63, 3.8) is 0 Å². The first-order chi connectivity index (χ1) is 65.5. The zero-order chi connectivity index (χ0) is 103. The number of carbonyl (C=O) groups excluding carboxylic acids is 1. The van der Waals surface area contributed by atoms with Gasteiger partial charge in [0, 0.05) is 105 Å². The molecule has 0 saturated heterocycles. The number of carboxylic acid groups (broad SMARTS) is 7. The van der Waals surface area contributed by atoms with Gasteiger partial charge in [-0.05, 0) is 152 Å². The van der Waals surface area contributed by atoms with Gasteiger partial charge >= 0.3 is 53.9 Å². The van der Waals surface area contributed by atoms with Crippen LogP contribution < -0.4 is 38.0 Å². The molecule has 14 aromatic rings. The van der Waals surface area contributed by atoms with Gasteiger partial charge in [0.05, 0.1) is 52.5 Å². The summed E-state index contributed by atoms with van der Waals surface area (Å²) in [6.07, 6.45) is 3.41. The summed E-state index contributed by atoms with van der Waals surface area (Å²) in [7, 11) is 3.19. The molecule has 0 fully saturated rings. The van der Waals surface area contributed by atoms with E-state index in [0.29, 0.717) is 63.2 Å². The van der Waals surface area contributed by atoms with E-state index in [2.05, 4.69) is 15.0 Å². The van der Waals surface area contributed by atoms with Crippen LogP contribution in [-0.2, 0) is 56.2 Å². The third-order valence-electron chi connectivity index (χ3n) is 20.3. The van der Waals surface area contributed by atoms with Crippen molar-refractivity contribution in [3.05, 3.63) is 404 Å². The molecule has 720 valence electrons. The molecule has 0 aliphatic rings. The number of ether oxygens (including phenoxy) is 1. The smallest absolute Gasteiger partial charge is 0.431 e. The number of aryl methyl sites for hydroxylation is 4. The van der Waals surface area contributed by atoms with E-state index in [9.17, 15) is 131 Å². The van der Waals surface area contributed by atoms with Crippen LogP contribution in [0.3, 0.4) is 0 Å². The Morgan fingerprint density at radius 3 is 0.993 bits per heavy atom. The predicted molar refractivity (Wildman–Crippen MR) is 481 cm³/mol. The van der Waals surface area contributed by atoms with Gasteiger partial charge in [0.1, 0.15) is 92.0 Å². The van der Waals surface area contributed by atoms with E-state index in [-0.39, 0.29) is 79.3 Å². The van der Waals surface area contributed by atoms with Crippen molar-refractivity contribution in [3.8, 4) is 77.9 Å². The van der Waals surface area contributed by atoms with Gasteiger partial charge in [-0.2, -0.15) is 13.2 Å². The summed E-state index contributed by atoms with van der Waals surface area (Å²) < 4.78 is 139. The highest BCUT2D eigenvalue weighted by molar-refractivity contribution is 5.94. The van der Waals surface area contributed by atoms with Gasteiger partial charge in [0.25, 0.3) is 0 Å². The average Bonchev–Trinajstić information content (AvgIpc) is 0.553. The van der Waals surface area contributed by atoms with E-state index >= 15 is 0 Å². The number of alkyl halides is 3. The second-order valence-electron chi connectivity index (χ2n) is 29.2. The topological polar surface area (TPSA) is 525 Å². The first kappa shape index (κ1) is 107. The molecular formula is C97H77F10N7O25. The fourth-order valence-corrected chi connectivity index (χ4v) is 13.4. The van der Waals surface area contributed by atoms with Crippen molar-refractivity contribution in [2.24, 2.45) is 14.1 Å². The Morgan fingerprint density at radius 1 is 0.338 bits per heavy atom. The quantitative estimate of drug-likeness (QED) is 0.0264. The van der Waals surface area contributed by atoms with E-state index in [4.69, 9.17) is 35.4 Å². The van der Waals surface area contributed by atoms with Crippen LogP contribution in [0.25, 0.3) is 77.9 Å². The Morgan fingerprint density at radius 2 is 0.647 bits per heavy atom. The summed E-state index contributed by atoms with van der Waals surface area (Å²) in [6.45, 7) is 7.18. The van der Waals surface area contributed by atoms with Crippen LogP contribution in [-0.4, -0.2) is 127 Å². The molecule has 7 heterocycles. The second-order valence-corrected chi connectivity index (χ2v) is 29.2. The number of esters is 1. The third kappa shape index (κ3) is 26.2. The van der Waals surface area contributed by atoms with Crippen molar-refractivity contribution < 1.29 is 133 Å². The standard InChI is InChI=1S/C15H12FNO5.C15H14FNO3.C14H12FNO4.C14H12FNO3.C13H7F4NO3.C13H10FNO4.C13H10FNO3/c1-8(18)22-7-12-13(9-2-4-10(16)5-3-9)14(19)11(6-17-12)15(20)21;1-3-17-8-12(10-4-6-11(16)7-5-10)14(18)13(9(17)2)15(19)20;1-16-6-10(14(19)20)13(18)12(11(16)7-17)8-2-4-9(15)5-3-8;1-8-12(14(18)19)13(17)11(7-16(8)2)9-3-5-10(15)6-4-9;14-7-3-1-6(2-4-7)9-10(19)8(12(20)21)5-18-11(9)13(15,16)17;14-8-3-1-7(2-4-8)11-10(6-16)15-5-9(12(11)17)13(18)19;1-7-11(13(17)18)12(16)10(6-15-7)8-2-4-9(14)5-3-8/h2-6H,7H2,1H3,(H,17,19)(H,20,21);4-8H,3H2,1-2H3,(H,19,20);2-6,17H,7H2,1H3,(H,19,20);3-7H,1-2H3,(H,18,19);1-5H,(H,18,19)(H,20,21);1-5,16H,6H2,(H,15,17)(H,18,19);2-6H,1H3,(H,15,16)(H,17,18). The molecule has 7 aromatic carbocycles. The van der Waals surface area contributed by atoms with Crippen molar-refractivity contribution >= 4 is 47.8 Å². The number of hydrogen-bond donors (Lipinski definition) is 13. The molecule has 7 aromatic heterocycles. The molecule has 13 N–H and O–H groups in total. The van der Waals surface area contributed by atoms with Crippen LogP contribution >= 0.6 is 0 Å². The predicted octanol–water partition coefficient (Wildman–Crippen LogP) is 14.7. The SMILES string of the molecule is CC(=O)OCc1[nH]cc(C(=O)O)c(=O)c1-c1ccc(F)cc1.CCn1cc(-c2ccc(F)cc2)c(=O)c(C(=O)O)c1C.Cc1[nH]cc(-c2ccc(F)cc2)c(=O)c1C(=O)O.Cc1c(C(=O)O)c(=O)c(-c2ccc(F)cc2)cn1C.Cn1cc(C(=O)O)c(=O)c(-c2ccc(F)cc2)c1CO.O=C(O)c1c[nH]c(C(F)(F)F)c(-c2ccc(F)cc2)c1=O.O=C(O)c1c[nH]c(CO)c(-c2ccc(F)cc2)c1=O. The maximum absolute atomic E-state index is 13.0. The fraction of sp³-hybridized carbons (Fsp3) is 0.124. The Kier molecular flexibility index (Phi) is 35.8. The maximum atomic E-state index is 13.0. The zero-order valence-corrected chi connectivity index (χ0v) is 73.2. The highest BCUT2D eigenvalue weighted by atomic mass is 19.4. The molecule has 0 spiro atoms. The third-order valence-corrected chi connectivity index (χ3v) is 20.3. The summed E-state index contributed by atoms with van der Waals surface area (Å²) in [4.78, 5) is 183. The molecule has 0 atom stereocenters. The molecular weight excluding hydrogens is 1850 g/mol. The van der Waals surface area contributed by atoms with E-state index in [1.807, 2.05) is 6.92 Å². The van der Waals surface area contributed by atoms with Gasteiger partial charge in [0.2, 0.25) is 38.0 Å². The first-order valence-corrected chi connectivity index (χ1v) is 40.0. The number of H-pyrrole nitrogens is 4. The summed E-state index contributed by atoms with van der Waals surface area (Å²) in [6, 6.07) is 34.9. The summed E-state index contributed by atoms with van der Waals surface area (Å²) in [5, 5.41) is 81.7. The first-order valence-electron chi connectivity index (χ1n) is 40.0. The van der Waals surface area contributed by atoms with Crippen LogP contribution in [0.1, 0.15) is 126 Å². The lowest BCUT2D eigenvalue weighted by molar-refractivity contribution is -0.142. The van der Waals surface area contributed by atoms with Crippen molar-refractivity contribution in [1.29, 1.82) is 0 Å². The van der Waals surface area contributed by atoms with Crippen LogP contribution in [0.15, 0.2) is 247 Å². The Labute approximate surface area is 774 Å². The summed E-state index contributed by atoms with van der Waals surface area (Å²) in [5.74, 6) is -13.5. The van der Waals surface area contributed by atoms with Crippen LogP contribution in [0.2, 0.25) is 0 Å². The monoisotopic (exact) mass is 1930 g/mol. The Bertz CT molecular complexity index is 7490. The van der Waals surface area contributed by atoms with Crippen LogP contribution in [0.5, 0.6) is 0 Å². The number of hydrogen-bond acceptors (Lipinski definition) is 18. The molecule has 0 radical (unpaired) electrons. The molecule has 0 saturated carbocycles. The number of rotatable bonds is 19. The normalized spacial score (nSPS) is 10.6. The molecule has 0 unspecified atom stereocenters. The van der Waals surface area contributed by atoms with Crippen molar-refractivity contribution in [1.82, 2.24) is 33.6 Å². The van der Waals surface area contributed by atoms with Gasteiger partial charge in [-0.1, -0.05) is 84.9 Å². The maximum Gasteiger partial charge on any atom is 0.431 e. The number of carboxylic acids is 7. The Hall–Kier alpha value is -17.8. The number of halogens is 10. The molecule has 139 heavy (non-hydrogen) atoms. The molecule has 32 nitrogen and oxygen atoms in total. The lowest BCUT2D eigenvalue weighted by Gasteiger charge is -2.13. The molecule has 0 amide bonds. The number of nitrogens with one attached hydrogen (secondary N) is 4. The molecule has 0 aliphatic carbocycles. The number of aromatic amines is 4. The van der Waals surface area contributed by atoms with Crippen molar-refractivity contribution in [2.45, 2.75) is 67.2 Å². The van der Waals surface area contributed by atoms with E-state index in [1.165, 1.54) is 153 Å². The van der Waals surface area contributed by atoms with Crippen molar-refractivity contribution in [2.75, 3.05) is 0 Å². The minimum atomic E-state index is -4.89. The molecule has 14 rings (SSSR count). The highest BCUT2D eigenvalue weighted by Gasteiger charge is 2.37. The number of carbonyl (C=O) groups is 8. The Balaban J connectivity index is 0.000000199. The average molecular weight is 1930 g/mol.